The summed E-state index contributed by atoms with van der Waals surface area (Å²) in [5, 5.41) is 0. The highest BCUT2D eigenvalue weighted by atomic mass is 29.9. The maximum absolute atomic E-state index is 12.9. The minimum Gasteiger partial charge on any atom is -0.464 e. The molecule has 9 heteroatoms. The fraction of sp³-hybridized carbons (Fsp3) is 0.880. The highest BCUT2D eigenvalue weighted by Crippen LogP contribution is 2.53. The number of ether oxygens (including phenoxy) is 1. The van der Waals surface area contributed by atoms with Crippen LogP contribution in [0.4, 0.5) is 0 Å². The van der Waals surface area contributed by atoms with Crippen LogP contribution in [0.25, 0.3) is 0 Å². The number of carbonyl (C=O) groups excluding carboxylic acids is 1. The van der Waals surface area contributed by atoms with Gasteiger partial charge in [-0.05, 0) is 63.0 Å². The first-order chi connectivity index (χ1) is 16.1. The molecule has 0 N–H and O–H groups in total. The Morgan fingerprint density at radius 2 is 1.15 bits per heavy atom. The number of carbonyl (C=O) groups is 1. The molecule has 0 saturated heterocycles. The van der Waals surface area contributed by atoms with Crippen molar-refractivity contribution < 1.29 is 22.8 Å². The van der Waals surface area contributed by atoms with Crippen molar-refractivity contribution in [3.05, 3.63) is 12.7 Å². The Kier molecular flexibility index (Phi) is 15.2. The Balaban J connectivity index is 8.34. The van der Waals surface area contributed by atoms with Gasteiger partial charge in [-0.3, -0.25) is 0 Å². The first kappa shape index (κ1) is 34.0. The smallest absolute Gasteiger partial charge is 0.330 e. The summed E-state index contributed by atoms with van der Waals surface area (Å²) in [5.74, 6) is -0.318. The normalized spacial score (nSPS) is 15.8. The molecule has 0 aliphatic heterocycles. The lowest BCUT2D eigenvalue weighted by molar-refractivity contribution is -0.139. The maximum atomic E-state index is 12.9. The van der Waals surface area contributed by atoms with E-state index in [1.165, 1.54) is 6.08 Å². The molecule has 0 spiro atoms. The van der Waals surface area contributed by atoms with E-state index in [4.69, 9.17) is 18.0 Å². The van der Waals surface area contributed by atoms with Gasteiger partial charge in [-0.15, -0.1) is 0 Å². The lowest BCUT2D eigenvalue weighted by Gasteiger charge is -2.64. The minimum atomic E-state index is -2.71. The second-order valence-electron chi connectivity index (χ2n) is 9.45. The third kappa shape index (κ3) is 5.60. The second kappa shape index (κ2) is 15.3. The molecule has 34 heavy (non-hydrogen) atoms. The van der Waals surface area contributed by atoms with Crippen LogP contribution in [0.15, 0.2) is 12.7 Å². The first-order valence-electron chi connectivity index (χ1n) is 13.8. The van der Waals surface area contributed by atoms with Gasteiger partial charge >= 0.3 is 5.97 Å². The Labute approximate surface area is 215 Å². The molecular weight excluding hydrogens is 493 g/mol. The van der Waals surface area contributed by atoms with Gasteiger partial charge in [0.1, 0.15) is 0 Å². The van der Waals surface area contributed by atoms with Crippen molar-refractivity contribution in [2.24, 2.45) is 0 Å². The van der Waals surface area contributed by atoms with Crippen LogP contribution in [0.5, 0.6) is 0 Å². The highest BCUT2D eigenvalue weighted by Gasteiger charge is 2.81. The summed E-state index contributed by atoms with van der Waals surface area (Å²) in [6, 6.07) is 5.07. The van der Waals surface area contributed by atoms with Crippen molar-refractivity contribution in [2.45, 2.75) is 124 Å². The summed E-state index contributed by atoms with van der Waals surface area (Å²) < 4.78 is 28.0. The topological polar surface area (TPSA) is 54.0 Å². The van der Waals surface area contributed by atoms with Crippen LogP contribution in [-0.2, 0) is 22.8 Å². The van der Waals surface area contributed by atoms with Crippen LogP contribution in [0.2, 0.25) is 35.8 Å². The van der Waals surface area contributed by atoms with Crippen LogP contribution >= 0.6 is 0 Å². The largest absolute Gasteiger partial charge is 0.464 e. The zero-order valence-electron chi connectivity index (χ0n) is 24.3. The Morgan fingerprint density at radius 1 is 0.735 bits per heavy atom. The van der Waals surface area contributed by atoms with Gasteiger partial charge in [0.15, 0.2) is 30.1 Å². The molecule has 0 aromatic heterocycles. The standard InChI is InChI=1S/C25H56O5Si4/c1-13-24(26)30-25(14-2)34(31(18-6,19-7)27-15-3,32(20-8,21-9)28-16-4)33(22-10,23(11)12)29-17-5/h13,23,25H,1,14-22H2,2-12H3. The first-order valence-corrected chi connectivity index (χ1v) is 25.8. The van der Waals surface area contributed by atoms with Crippen LogP contribution in [0.3, 0.4) is 0 Å². The predicted molar refractivity (Wildman–Crippen MR) is 156 cm³/mol. The average molecular weight is 549 g/mol. The zero-order valence-corrected chi connectivity index (χ0v) is 28.3. The number of esters is 1. The van der Waals surface area contributed by atoms with Gasteiger partial charge < -0.3 is 18.0 Å². The third-order valence-electron chi connectivity index (χ3n) is 8.37. The van der Waals surface area contributed by atoms with E-state index in [1.54, 1.807) is 0 Å². The van der Waals surface area contributed by atoms with Crippen LogP contribution in [0.1, 0.15) is 82.6 Å². The molecule has 0 aliphatic carbocycles. The van der Waals surface area contributed by atoms with E-state index >= 15 is 0 Å². The van der Waals surface area contributed by atoms with Gasteiger partial charge in [0.25, 0.3) is 0 Å². The van der Waals surface area contributed by atoms with Gasteiger partial charge in [0.2, 0.25) is 0 Å². The fourth-order valence-electron chi connectivity index (χ4n) is 7.30. The van der Waals surface area contributed by atoms with Crippen molar-refractivity contribution in [1.82, 2.24) is 0 Å². The van der Waals surface area contributed by atoms with Gasteiger partial charge in [-0.2, -0.15) is 0 Å². The van der Waals surface area contributed by atoms with E-state index < -0.39 is 30.1 Å². The van der Waals surface area contributed by atoms with Crippen molar-refractivity contribution in [2.75, 3.05) is 19.8 Å². The molecule has 0 radical (unpaired) electrons. The van der Waals surface area contributed by atoms with E-state index in [0.29, 0.717) is 25.4 Å². The summed E-state index contributed by atoms with van der Waals surface area (Å²) in [6.45, 7) is 28.1. The van der Waals surface area contributed by atoms with Gasteiger partial charge in [-0.25, -0.2) is 4.79 Å². The molecule has 2 atom stereocenters. The zero-order chi connectivity index (χ0) is 26.6. The molecule has 202 valence electrons. The van der Waals surface area contributed by atoms with Gasteiger partial charge in [0, 0.05) is 25.9 Å². The Hall–Kier alpha value is -0.0425. The van der Waals surface area contributed by atoms with Gasteiger partial charge in [0.05, 0.1) is 5.73 Å². The molecule has 5 nitrogen and oxygen atoms in total. The maximum Gasteiger partial charge on any atom is 0.330 e. The number of rotatable bonds is 19. The van der Waals surface area contributed by atoms with Gasteiger partial charge in [-0.1, -0.05) is 62.0 Å². The summed E-state index contributed by atoms with van der Waals surface area (Å²) in [6.07, 6.45) is 2.11. The van der Waals surface area contributed by atoms with Crippen molar-refractivity contribution in [3.8, 4) is 0 Å². The lowest BCUT2D eigenvalue weighted by Crippen LogP contribution is -2.95. The predicted octanol–water partition coefficient (Wildman–Crippen LogP) is 7.17. The molecule has 0 aliphatic rings. The lowest BCUT2D eigenvalue weighted by atomic mass is 10.5. The quantitative estimate of drug-likeness (QED) is 0.0972. The molecule has 0 amide bonds. The van der Waals surface area contributed by atoms with Crippen molar-refractivity contribution >= 4 is 36.1 Å². The summed E-state index contributed by atoms with van der Waals surface area (Å²) in [7, 11) is -7.43. The van der Waals surface area contributed by atoms with Crippen molar-refractivity contribution in [3.63, 3.8) is 0 Å². The second-order valence-corrected chi connectivity index (χ2v) is 42.6. The Morgan fingerprint density at radius 3 is 1.38 bits per heavy atom. The van der Waals surface area contributed by atoms with Crippen LogP contribution in [-0.4, -0.2) is 61.6 Å². The van der Waals surface area contributed by atoms with Crippen molar-refractivity contribution in [1.29, 1.82) is 0 Å². The summed E-state index contributed by atoms with van der Waals surface area (Å²) in [5.41, 5.74) is 0.214. The third-order valence-corrected chi connectivity index (χ3v) is 71.9. The molecule has 2 unspecified atom stereocenters. The molecule has 0 aromatic rings. The molecule has 0 rings (SSSR count). The monoisotopic (exact) mass is 548 g/mol. The number of hydrogen-bond donors (Lipinski definition) is 0. The summed E-state index contributed by atoms with van der Waals surface area (Å²) >= 11 is 0. The molecule has 0 aromatic carbocycles. The fourth-order valence-corrected chi connectivity index (χ4v) is 96.9. The average Bonchev–Trinajstić information content (AvgIpc) is 2.85. The molecule has 0 fully saturated rings. The highest BCUT2D eigenvalue weighted by molar-refractivity contribution is 7.88. The van der Waals surface area contributed by atoms with Crippen LogP contribution < -0.4 is 0 Å². The molecule has 0 saturated carbocycles. The van der Waals surface area contributed by atoms with E-state index in [2.05, 4.69) is 82.7 Å². The molecule has 0 bridgehead atoms. The molecule has 0 heterocycles. The molecular formula is C25H56O5Si4. The van der Waals surface area contributed by atoms with E-state index in [9.17, 15) is 4.79 Å². The van der Waals surface area contributed by atoms with E-state index in [-0.39, 0.29) is 11.7 Å². The van der Waals surface area contributed by atoms with E-state index in [0.717, 1.165) is 36.6 Å². The van der Waals surface area contributed by atoms with E-state index in [1.807, 2.05) is 0 Å². The number of hydrogen-bond acceptors (Lipinski definition) is 5. The minimum absolute atomic E-state index is 0.171. The summed E-state index contributed by atoms with van der Waals surface area (Å²) in [4.78, 5) is 12.9. The van der Waals surface area contributed by atoms with Crippen LogP contribution in [0, 0.1) is 0 Å². The SMILES string of the molecule is C=CC(=O)OC(CC)[Si]([Si](CC)(CC)OCC)([Si](CC)(CC)OCC)[Si](CC)(OCC)C(C)C. The Bertz CT molecular complexity index is 586.